The van der Waals surface area contributed by atoms with Gasteiger partial charge in [0, 0.05) is 0 Å². The van der Waals surface area contributed by atoms with Gasteiger partial charge in [-0.15, -0.1) is 0 Å². The molecule has 1 nitrogen and oxygen atoms in total. The van der Waals surface area contributed by atoms with Crippen molar-refractivity contribution in [2.75, 3.05) is 0 Å². The SMILES string of the molecule is N#CCc1cccc2c1ccc1ccccc12. The predicted octanol–water partition coefficient (Wildman–Crippen LogP) is 4.06. The van der Waals surface area contributed by atoms with E-state index in [4.69, 9.17) is 5.26 Å². The van der Waals surface area contributed by atoms with Gasteiger partial charge in [-0.05, 0) is 27.1 Å². The second-order valence-electron chi connectivity index (χ2n) is 4.13. The van der Waals surface area contributed by atoms with Gasteiger partial charge in [0.05, 0.1) is 12.5 Å². The van der Waals surface area contributed by atoms with Crippen molar-refractivity contribution in [1.29, 1.82) is 5.26 Å². The summed E-state index contributed by atoms with van der Waals surface area (Å²) in [5.74, 6) is 0. The Hall–Kier alpha value is -2.33. The molecule has 0 spiro atoms. The van der Waals surface area contributed by atoms with E-state index in [1.165, 1.54) is 21.5 Å². The van der Waals surface area contributed by atoms with Gasteiger partial charge in [0.25, 0.3) is 0 Å². The summed E-state index contributed by atoms with van der Waals surface area (Å²) in [6, 6.07) is 21.0. The number of benzene rings is 3. The van der Waals surface area contributed by atoms with Gasteiger partial charge in [-0.25, -0.2) is 0 Å². The molecular formula is C16H11N. The average molecular weight is 217 g/mol. The Morgan fingerprint density at radius 3 is 2.47 bits per heavy atom. The summed E-state index contributed by atoms with van der Waals surface area (Å²) >= 11 is 0. The molecule has 3 aromatic carbocycles. The van der Waals surface area contributed by atoms with Crippen molar-refractivity contribution in [1.82, 2.24) is 0 Å². The molecule has 0 saturated carbocycles. The Morgan fingerprint density at radius 1 is 0.765 bits per heavy atom. The second kappa shape index (κ2) is 3.92. The number of fused-ring (bicyclic) bond motifs is 3. The molecule has 0 aliphatic heterocycles. The minimum atomic E-state index is 0.468. The first-order chi connectivity index (χ1) is 8.40. The van der Waals surface area contributed by atoms with Crippen LogP contribution in [0.25, 0.3) is 21.5 Å². The zero-order chi connectivity index (χ0) is 11.7. The topological polar surface area (TPSA) is 23.8 Å². The zero-order valence-corrected chi connectivity index (χ0v) is 9.35. The third kappa shape index (κ3) is 1.55. The lowest BCUT2D eigenvalue weighted by molar-refractivity contribution is 1.29. The van der Waals surface area contributed by atoms with Gasteiger partial charge < -0.3 is 0 Å². The van der Waals surface area contributed by atoms with Crippen molar-refractivity contribution in [3.05, 3.63) is 60.2 Å². The molecule has 1 heteroatoms. The molecule has 0 bridgehead atoms. The Balaban J connectivity index is 2.45. The highest BCUT2D eigenvalue weighted by molar-refractivity contribution is 6.08. The van der Waals surface area contributed by atoms with Crippen LogP contribution in [-0.2, 0) is 6.42 Å². The highest BCUT2D eigenvalue weighted by Gasteiger charge is 2.03. The fourth-order valence-electron chi connectivity index (χ4n) is 2.34. The largest absolute Gasteiger partial charge is 0.198 e. The quantitative estimate of drug-likeness (QED) is 0.564. The first-order valence-corrected chi connectivity index (χ1v) is 5.66. The lowest BCUT2D eigenvalue weighted by atomic mass is 9.97. The molecule has 0 heterocycles. The van der Waals surface area contributed by atoms with Crippen molar-refractivity contribution in [3.8, 4) is 6.07 Å². The maximum Gasteiger partial charge on any atom is 0.0669 e. The third-order valence-corrected chi connectivity index (χ3v) is 3.15. The van der Waals surface area contributed by atoms with E-state index in [0.29, 0.717) is 6.42 Å². The lowest BCUT2D eigenvalue weighted by Crippen LogP contribution is -1.85. The minimum Gasteiger partial charge on any atom is -0.198 e. The summed E-state index contributed by atoms with van der Waals surface area (Å²) in [6.07, 6.45) is 0.468. The molecule has 3 rings (SSSR count). The van der Waals surface area contributed by atoms with Crippen LogP contribution in [0.5, 0.6) is 0 Å². The molecule has 0 aliphatic rings. The molecule has 0 unspecified atom stereocenters. The minimum absolute atomic E-state index is 0.468. The molecule has 80 valence electrons. The van der Waals surface area contributed by atoms with E-state index in [9.17, 15) is 0 Å². The van der Waals surface area contributed by atoms with E-state index in [0.717, 1.165) is 5.56 Å². The summed E-state index contributed by atoms with van der Waals surface area (Å²) in [4.78, 5) is 0. The molecule has 0 aromatic heterocycles. The standard InChI is InChI=1S/C16H11N/c17-11-10-13-5-3-7-16-14-6-2-1-4-12(14)8-9-15(13)16/h1-9H,10H2. The van der Waals surface area contributed by atoms with Crippen LogP contribution in [-0.4, -0.2) is 0 Å². The Labute approximate surface area is 99.9 Å². The van der Waals surface area contributed by atoms with Crippen molar-refractivity contribution >= 4 is 21.5 Å². The number of nitrogens with zero attached hydrogens (tertiary/aromatic N) is 1. The van der Waals surface area contributed by atoms with Crippen molar-refractivity contribution < 1.29 is 0 Å². The molecule has 0 amide bonds. The van der Waals surface area contributed by atoms with E-state index in [-0.39, 0.29) is 0 Å². The molecule has 3 aromatic rings. The number of hydrogen-bond acceptors (Lipinski definition) is 1. The Morgan fingerprint density at radius 2 is 1.59 bits per heavy atom. The fraction of sp³-hybridized carbons (Fsp3) is 0.0625. The number of hydrogen-bond donors (Lipinski definition) is 0. The normalized spacial score (nSPS) is 10.5. The van der Waals surface area contributed by atoms with Crippen LogP contribution >= 0.6 is 0 Å². The van der Waals surface area contributed by atoms with Crippen LogP contribution in [0, 0.1) is 11.3 Å². The van der Waals surface area contributed by atoms with Crippen molar-refractivity contribution in [3.63, 3.8) is 0 Å². The molecule has 0 N–H and O–H groups in total. The molecule has 0 atom stereocenters. The van der Waals surface area contributed by atoms with Gasteiger partial charge >= 0.3 is 0 Å². The Bertz CT molecular complexity index is 735. The summed E-state index contributed by atoms with van der Waals surface area (Å²) in [6.45, 7) is 0. The average Bonchev–Trinajstić information content (AvgIpc) is 2.39. The summed E-state index contributed by atoms with van der Waals surface area (Å²) in [7, 11) is 0. The van der Waals surface area contributed by atoms with Gasteiger partial charge in [-0.2, -0.15) is 5.26 Å². The van der Waals surface area contributed by atoms with Crippen LogP contribution in [0.1, 0.15) is 5.56 Å². The summed E-state index contributed by atoms with van der Waals surface area (Å²) in [5, 5.41) is 13.8. The smallest absolute Gasteiger partial charge is 0.0669 e. The highest BCUT2D eigenvalue weighted by atomic mass is 14.2. The lowest BCUT2D eigenvalue weighted by Gasteiger charge is -2.06. The van der Waals surface area contributed by atoms with Crippen LogP contribution in [0.15, 0.2) is 54.6 Å². The molecule has 0 radical (unpaired) electrons. The fourth-order valence-corrected chi connectivity index (χ4v) is 2.34. The van der Waals surface area contributed by atoms with Gasteiger partial charge in [0.2, 0.25) is 0 Å². The van der Waals surface area contributed by atoms with Gasteiger partial charge in [0.15, 0.2) is 0 Å². The summed E-state index contributed by atoms with van der Waals surface area (Å²) < 4.78 is 0. The van der Waals surface area contributed by atoms with E-state index in [1.54, 1.807) is 0 Å². The zero-order valence-electron chi connectivity index (χ0n) is 9.35. The van der Waals surface area contributed by atoms with Gasteiger partial charge in [0.1, 0.15) is 0 Å². The van der Waals surface area contributed by atoms with E-state index < -0.39 is 0 Å². The molecule has 0 saturated heterocycles. The van der Waals surface area contributed by atoms with Crippen LogP contribution in [0.2, 0.25) is 0 Å². The third-order valence-electron chi connectivity index (χ3n) is 3.15. The molecule has 0 aliphatic carbocycles. The molecule has 17 heavy (non-hydrogen) atoms. The Kier molecular flexibility index (Phi) is 2.27. The first kappa shape index (κ1) is 9.86. The van der Waals surface area contributed by atoms with Crippen LogP contribution < -0.4 is 0 Å². The van der Waals surface area contributed by atoms with E-state index >= 15 is 0 Å². The van der Waals surface area contributed by atoms with Crippen molar-refractivity contribution in [2.45, 2.75) is 6.42 Å². The number of rotatable bonds is 1. The molecule has 0 fully saturated rings. The van der Waals surface area contributed by atoms with Gasteiger partial charge in [-0.1, -0.05) is 54.6 Å². The summed E-state index contributed by atoms with van der Waals surface area (Å²) in [5.41, 5.74) is 1.11. The second-order valence-corrected chi connectivity index (χ2v) is 4.13. The highest BCUT2D eigenvalue weighted by Crippen LogP contribution is 2.27. The maximum atomic E-state index is 8.84. The van der Waals surface area contributed by atoms with E-state index in [1.807, 2.05) is 18.2 Å². The van der Waals surface area contributed by atoms with Crippen molar-refractivity contribution in [2.24, 2.45) is 0 Å². The first-order valence-electron chi connectivity index (χ1n) is 5.66. The van der Waals surface area contributed by atoms with Crippen LogP contribution in [0.3, 0.4) is 0 Å². The van der Waals surface area contributed by atoms with Gasteiger partial charge in [-0.3, -0.25) is 0 Å². The predicted molar refractivity (Wildman–Crippen MR) is 70.8 cm³/mol. The maximum absolute atomic E-state index is 8.84. The number of nitriles is 1. The monoisotopic (exact) mass is 217 g/mol. The van der Waals surface area contributed by atoms with E-state index in [2.05, 4.69) is 42.5 Å². The van der Waals surface area contributed by atoms with Crippen LogP contribution in [0.4, 0.5) is 0 Å². The molecular weight excluding hydrogens is 206 g/mol.